The molecule has 1 saturated heterocycles. The average Bonchev–Trinajstić information content (AvgIpc) is 2.36. The van der Waals surface area contributed by atoms with Gasteiger partial charge < -0.3 is 20.7 Å². The number of likely N-dealkylation sites (N-methyl/N-ethyl adjacent to an activating group) is 1. The van der Waals surface area contributed by atoms with Crippen molar-refractivity contribution in [1.82, 2.24) is 10.2 Å². The van der Waals surface area contributed by atoms with E-state index in [0.29, 0.717) is 18.9 Å². The zero-order valence-corrected chi connectivity index (χ0v) is 12.5. The van der Waals surface area contributed by atoms with Crippen molar-refractivity contribution in [2.75, 3.05) is 33.4 Å². The summed E-state index contributed by atoms with van der Waals surface area (Å²) in [7, 11) is 2.07. The van der Waals surface area contributed by atoms with E-state index in [9.17, 15) is 4.79 Å². The number of carbonyl (C=O) groups excluding carboxylic acids is 1. The molecule has 1 rings (SSSR count). The summed E-state index contributed by atoms with van der Waals surface area (Å²) in [4.78, 5) is 14.0. The lowest BCUT2D eigenvalue weighted by molar-refractivity contribution is -0.122. The SMILES string of the molecule is CC(C)NC(=O)CC(CN)N(C)CC1CCOCC1. The summed E-state index contributed by atoms with van der Waals surface area (Å²) in [6, 6.07) is 0.313. The van der Waals surface area contributed by atoms with Gasteiger partial charge in [-0.3, -0.25) is 4.79 Å². The van der Waals surface area contributed by atoms with E-state index >= 15 is 0 Å². The second kappa shape index (κ2) is 8.51. The van der Waals surface area contributed by atoms with Crippen LogP contribution in [0.15, 0.2) is 0 Å². The first-order valence-electron chi connectivity index (χ1n) is 7.30. The van der Waals surface area contributed by atoms with E-state index in [0.717, 1.165) is 32.6 Å². The first kappa shape index (κ1) is 16.4. The van der Waals surface area contributed by atoms with E-state index in [1.54, 1.807) is 0 Å². The standard InChI is InChI=1S/C14H29N3O2/c1-11(2)16-14(18)8-13(9-15)17(3)10-12-4-6-19-7-5-12/h11-13H,4-10,15H2,1-3H3,(H,16,18). The normalized spacial score (nSPS) is 18.8. The van der Waals surface area contributed by atoms with Gasteiger partial charge in [0.2, 0.25) is 5.91 Å². The third kappa shape index (κ3) is 6.36. The van der Waals surface area contributed by atoms with Crippen molar-refractivity contribution in [2.24, 2.45) is 11.7 Å². The number of hydrogen-bond donors (Lipinski definition) is 2. The molecule has 1 fully saturated rings. The van der Waals surface area contributed by atoms with Gasteiger partial charge in [-0.15, -0.1) is 0 Å². The Morgan fingerprint density at radius 1 is 1.42 bits per heavy atom. The first-order valence-corrected chi connectivity index (χ1v) is 7.30. The van der Waals surface area contributed by atoms with Crippen LogP contribution in [0.5, 0.6) is 0 Å². The number of carbonyl (C=O) groups is 1. The van der Waals surface area contributed by atoms with E-state index in [2.05, 4.69) is 17.3 Å². The van der Waals surface area contributed by atoms with Crippen molar-refractivity contribution in [1.29, 1.82) is 0 Å². The fraction of sp³-hybridized carbons (Fsp3) is 0.929. The summed E-state index contributed by atoms with van der Waals surface area (Å²) in [5, 5.41) is 2.92. The maximum Gasteiger partial charge on any atom is 0.221 e. The number of ether oxygens (including phenoxy) is 1. The smallest absolute Gasteiger partial charge is 0.221 e. The molecule has 0 aromatic heterocycles. The van der Waals surface area contributed by atoms with Gasteiger partial charge in [0.05, 0.1) is 0 Å². The number of nitrogens with two attached hydrogens (primary N) is 1. The van der Waals surface area contributed by atoms with Crippen LogP contribution in [0.25, 0.3) is 0 Å². The number of rotatable bonds is 7. The van der Waals surface area contributed by atoms with Crippen molar-refractivity contribution in [3.8, 4) is 0 Å². The number of hydrogen-bond acceptors (Lipinski definition) is 4. The summed E-state index contributed by atoms with van der Waals surface area (Å²) in [6.07, 6.45) is 2.70. The zero-order chi connectivity index (χ0) is 14.3. The van der Waals surface area contributed by atoms with E-state index in [4.69, 9.17) is 10.5 Å². The van der Waals surface area contributed by atoms with E-state index in [-0.39, 0.29) is 18.0 Å². The fourth-order valence-electron chi connectivity index (χ4n) is 2.50. The van der Waals surface area contributed by atoms with E-state index in [1.807, 2.05) is 13.8 Å². The Morgan fingerprint density at radius 3 is 2.58 bits per heavy atom. The predicted octanol–water partition coefficient (Wildman–Crippen LogP) is 0.587. The Bertz CT molecular complexity index is 265. The molecule has 0 aromatic rings. The van der Waals surface area contributed by atoms with Gasteiger partial charge in [0.1, 0.15) is 0 Å². The molecule has 0 aliphatic carbocycles. The quantitative estimate of drug-likeness (QED) is 0.711. The topological polar surface area (TPSA) is 67.6 Å². The second-order valence-corrected chi connectivity index (χ2v) is 5.81. The summed E-state index contributed by atoms with van der Waals surface area (Å²) >= 11 is 0. The van der Waals surface area contributed by atoms with Crippen molar-refractivity contribution < 1.29 is 9.53 Å². The maximum atomic E-state index is 11.8. The molecular weight excluding hydrogens is 242 g/mol. The minimum atomic E-state index is 0.0873. The Morgan fingerprint density at radius 2 is 2.05 bits per heavy atom. The highest BCUT2D eigenvalue weighted by atomic mass is 16.5. The maximum absolute atomic E-state index is 11.8. The number of amides is 1. The highest BCUT2D eigenvalue weighted by molar-refractivity contribution is 5.76. The van der Waals surface area contributed by atoms with Gasteiger partial charge >= 0.3 is 0 Å². The number of nitrogens with one attached hydrogen (secondary N) is 1. The van der Waals surface area contributed by atoms with Gasteiger partial charge in [-0.1, -0.05) is 0 Å². The van der Waals surface area contributed by atoms with Gasteiger partial charge in [-0.05, 0) is 39.7 Å². The molecule has 1 aliphatic heterocycles. The van der Waals surface area contributed by atoms with Crippen LogP contribution in [0.1, 0.15) is 33.1 Å². The summed E-state index contributed by atoms with van der Waals surface area (Å²) in [6.45, 7) is 7.19. The molecule has 0 bridgehead atoms. The molecule has 1 amide bonds. The largest absolute Gasteiger partial charge is 0.381 e. The Kier molecular flexibility index (Phi) is 7.34. The zero-order valence-electron chi connectivity index (χ0n) is 12.5. The molecule has 0 saturated carbocycles. The van der Waals surface area contributed by atoms with Gasteiger partial charge in [0.15, 0.2) is 0 Å². The van der Waals surface area contributed by atoms with Gasteiger partial charge in [0, 0.05) is 44.8 Å². The van der Waals surface area contributed by atoms with Crippen LogP contribution in [0.4, 0.5) is 0 Å². The lowest BCUT2D eigenvalue weighted by Crippen LogP contribution is -2.45. The molecule has 3 N–H and O–H groups in total. The van der Waals surface area contributed by atoms with Gasteiger partial charge in [0.25, 0.3) is 0 Å². The van der Waals surface area contributed by atoms with Crippen molar-refractivity contribution in [3.63, 3.8) is 0 Å². The Labute approximate surface area is 116 Å². The molecule has 112 valence electrons. The minimum absolute atomic E-state index is 0.0873. The highest BCUT2D eigenvalue weighted by Gasteiger charge is 2.22. The lowest BCUT2D eigenvalue weighted by Gasteiger charge is -2.32. The van der Waals surface area contributed by atoms with Crippen LogP contribution in [-0.2, 0) is 9.53 Å². The molecule has 5 nitrogen and oxygen atoms in total. The third-order valence-electron chi connectivity index (χ3n) is 3.65. The number of nitrogens with zero attached hydrogens (tertiary/aromatic N) is 1. The van der Waals surface area contributed by atoms with Crippen LogP contribution in [0.2, 0.25) is 0 Å². The molecule has 0 radical (unpaired) electrons. The third-order valence-corrected chi connectivity index (χ3v) is 3.65. The van der Waals surface area contributed by atoms with Crippen LogP contribution in [0, 0.1) is 5.92 Å². The molecular formula is C14H29N3O2. The molecule has 1 atom stereocenters. The minimum Gasteiger partial charge on any atom is -0.381 e. The van der Waals surface area contributed by atoms with Crippen LogP contribution < -0.4 is 11.1 Å². The molecule has 0 spiro atoms. The van der Waals surface area contributed by atoms with Crippen LogP contribution in [-0.4, -0.2) is 56.2 Å². The van der Waals surface area contributed by atoms with Crippen LogP contribution in [0.3, 0.4) is 0 Å². The molecule has 0 aromatic carbocycles. The molecule has 1 heterocycles. The second-order valence-electron chi connectivity index (χ2n) is 5.81. The monoisotopic (exact) mass is 271 g/mol. The predicted molar refractivity (Wildman–Crippen MR) is 76.9 cm³/mol. The Hall–Kier alpha value is -0.650. The molecule has 19 heavy (non-hydrogen) atoms. The highest BCUT2D eigenvalue weighted by Crippen LogP contribution is 2.17. The summed E-state index contributed by atoms with van der Waals surface area (Å²) < 4.78 is 5.37. The Balaban J connectivity index is 2.37. The average molecular weight is 271 g/mol. The lowest BCUT2D eigenvalue weighted by atomic mass is 9.98. The molecule has 5 heteroatoms. The van der Waals surface area contributed by atoms with E-state index < -0.39 is 0 Å². The molecule has 1 aliphatic rings. The summed E-state index contributed by atoms with van der Waals surface area (Å²) in [5.41, 5.74) is 5.81. The van der Waals surface area contributed by atoms with Crippen molar-refractivity contribution >= 4 is 5.91 Å². The first-order chi connectivity index (χ1) is 9.02. The van der Waals surface area contributed by atoms with Gasteiger partial charge in [-0.25, -0.2) is 0 Å². The van der Waals surface area contributed by atoms with Crippen molar-refractivity contribution in [3.05, 3.63) is 0 Å². The van der Waals surface area contributed by atoms with Crippen molar-refractivity contribution in [2.45, 2.75) is 45.2 Å². The summed E-state index contributed by atoms with van der Waals surface area (Å²) in [5.74, 6) is 0.755. The van der Waals surface area contributed by atoms with Gasteiger partial charge in [-0.2, -0.15) is 0 Å². The fourth-order valence-corrected chi connectivity index (χ4v) is 2.50. The van der Waals surface area contributed by atoms with Crippen LogP contribution >= 0.6 is 0 Å². The molecule has 1 unspecified atom stereocenters. The van der Waals surface area contributed by atoms with E-state index in [1.165, 1.54) is 0 Å².